The molecule has 0 amide bonds. The van der Waals surface area contributed by atoms with Gasteiger partial charge in [0.05, 0.1) is 0 Å². The van der Waals surface area contributed by atoms with Gasteiger partial charge in [-0.2, -0.15) is 0 Å². The van der Waals surface area contributed by atoms with E-state index in [0.29, 0.717) is 0 Å². The van der Waals surface area contributed by atoms with Gasteiger partial charge < -0.3 is 5.32 Å². The van der Waals surface area contributed by atoms with Crippen molar-refractivity contribution in [3.8, 4) is 0 Å². The maximum Gasteiger partial charge on any atom is 0.0464 e. The Kier molecular flexibility index (Phi) is 3.60. The normalized spacial score (nSPS) is 14.0. The molecule has 1 aliphatic carbocycles. The van der Waals surface area contributed by atoms with Crippen LogP contribution in [-0.4, -0.2) is 0 Å². The van der Waals surface area contributed by atoms with Crippen molar-refractivity contribution in [2.45, 2.75) is 45.4 Å². The lowest BCUT2D eigenvalue weighted by Gasteiger charge is -2.22. The van der Waals surface area contributed by atoms with Crippen molar-refractivity contribution in [2.24, 2.45) is 0 Å². The zero-order chi connectivity index (χ0) is 16.7. The van der Waals surface area contributed by atoms with Crippen LogP contribution < -0.4 is 5.32 Å². The number of anilines is 2. The third-order valence-corrected chi connectivity index (χ3v) is 5.11. The molecule has 0 unspecified atom stereocenters. The number of aryl methyl sites for hydroxylation is 2. The average molecular weight is 315 g/mol. The minimum Gasteiger partial charge on any atom is -0.355 e. The summed E-state index contributed by atoms with van der Waals surface area (Å²) in [6.07, 6.45) is 3.67. The van der Waals surface area contributed by atoms with Gasteiger partial charge in [-0.25, -0.2) is 0 Å². The Bertz CT molecular complexity index is 889. The molecule has 24 heavy (non-hydrogen) atoms. The second kappa shape index (κ2) is 5.66. The zero-order valence-corrected chi connectivity index (χ0v) is 14.8. The summed E-state index contributed by atoms with van der Waals surface area (Å²) in [5, 5.41) is 6.49. The van der Waals surface area contributed by atoms with Crippen molar-refractivity contribution >= 4 is 22.1 Å². The van der Waals surface area contributed by atoms with Crippen LogP contribution in [0.25, 0.3) is 10.8 Å². The van der Waals surface area contributed by atoms with Crippen LogP contribution in [0.15, 0.2) is 54.6 Å². The maximum atomic E-state index is 3.66. The van der Waals surface area contributed by atoms with Crippen molar-refractivity contribution in [1.29, 1.82) is 0 Å². The van der Waals surface area contributed by atoms with Gasteiger partial charge in [-0.15, -0.1) is 0 Å². The van der Waals surface area contributed by atoms with Crippen LogP contribution in [0, 0.1) is 0 Å². The van der Waals surface area contributed by atoms with Crippen LogP contribution in [0.3, 0.4) is 0 Å². The summed E-state index contributed by atoms with van der Waals surface area (Å²) in [4.78, 5) is 0. The molecule has 1 aliphatic rings. The van der Waals surface area contributed by atoms with Crippen LogP contribution in [0.2, 0.25) is 0 Å². The average Bonchev–Trinajstić information content (AvgIpc) is 2.57. The Morgan fingerprint density at radius 3 is 2.38 bits per heavy atom. The fourth-order valence-corrected chi connectivity index (χ4v) is 3.77. The van der Waals surface area contributed by atoms with Crippen LogP contribution in [-0.2, 0) is 18.3 Å². The number of nitrogens with one attached hydrogen (secondary N) is 1. The van der Waals surface area contributed by atoms with E-state index in [4.69, 9.17) is 0 Å². The fraction of sp³-hybridized carbons (Fsp3) is 0.304. The van der Waals surface area contributed by atoms with Gasteiger partial charge in [0, 0.05) is 16.8 Å². The molecule has 0 heterocycles. The summed E-state index contributed by atoms with van der Waals surface area (Å²) in [6.45, 7) is 6.78. The number of hydrogen-bond donors (Lipinski definition) is 1. The van der Waals surface area contributed by atoms with Crippen LogP contribution in [0.1, 0.15) is 43.9 Å². The molecule has 0 bridgehead atoms. The van der Waals surface area contributed by atoms with Crippen LogP contribution >= 0.6 is 0 Å². The maximum absolute atomic E-state index is 3.66. The number of hydrogen-bond acceptors (Lipinski definition) is 1. The van der Waals surface area contributed by atoms with Gasteiger partial charge in [0.25, 0.3) is 0 Å². The lowest BCUT2D eigenvalue weighted by atomic mass is 9.86. The van der Waals surface area contributed by atoms with E-state index in [1.807, 2.05) is 0 Å². The predicted molar refractivity (Wildman–Crippen MR) is 104 cm³/mol. The second-order valence-electron chi connectivity index (χ2n) is 7.92. The summed E-state index contributed by atoms with van der Waals surface area (Å²) in [5.74, 6) is 0. The highest BCUT2D eigenvalue weighted by molar-refractivity contribution is 5.99. The minimum absolute atomic E-state index is 0.164. The molecule has 0 fully saturated rings. The fourth-order valence-electron chi connectivity index (χ4n) is 3.77. The molecule has 0 atom stereocenters. The molecule has 0 saturated carbocycles. The Hall–Kier alpha value is -2.28. The van der Waals surface area contributed by atoms with E-state index < -0.39 is 0 Å². The topological polar surface area (TPSA) is 12.0 Å². The molecule has 0 saturated heterocycles. The minimum atomic E-state index is 0.164. The summed E-state index contributed by atoms with van der Waals surface area (Å²) >= 11 is 0. The molecule has 1 heteroatoms. The molecule has 3 aromatic rings. The van der Waals surface area contributed by atoms with Crippen LogP contribution in [0.4, 0.5) is 11.4 Å². The molecule has 1 N–H and O–H groups in total. The zero-order valence-electron chi connectivity index (χ0n) is 14.8. The SMILES string of the molecule is CC(C)(C)c1cccc(Nc2ccc3c4c(cccc24)CCC3)c1. The third kappa shape index (κ3) is 2.69. The smallest absolute Gasteiger partial charge is 0.0464 e. The van der Waals surface area contributed by atoms with Crippen molar-refractivity contribution in [2.75, 3.05) is 5.32 Å². The molecule has 1 nitrogen and oxygen atoms in total. The highest BCUT2D eigenvalue weighted by atomic mass is 14.9. The molecule has 4 rings (SSSR count). The van der Waals surface area contributed by atoms with Crippen LogP contribution in [0.5, 0.6) is 0 Å². The van der Waals surface area contributed by atoms with Gasteiger partial charge in [-0.05, 0) is 65.0 Å². The first kappa shape index (κ1) is 15.3. The van der Waals surface area contributed by atoms with E-state index in [-0.39, 0.29) is 5.41 Å². The Morgan fingerprint density at radius 1 is 0.833 bits per heavy atom. The summed E-state index contributed by atoms with van der Waals surface area (Å²) in [6, 6.07) is 20.1. The standard InChI is InChI=1S/C23H25N/c1-23(2,3)18-10-6-11-19(15-18)24-21-14-13-17-8-4-7-16-9-5-12-20(21)22(16)17/h5-6,9-15,24H,4,7-8H2,1-3H3. The van der Waals surface area contributed by atoms with E-state index in [1.165, 1.54) is 58.1 Å². The van der Waals surface area contributed by atoms with Crippen molar-refractivity contribution < 1.29 is 0 Å². The first-order chi connectivity index (χ1) is 11.5. The largest absolute Gasteiger partial charge is 0.355 e. The lowest BCUT2D eigenvalue weighted by Crippen LogP contribution is -2.11. The third-order valence-electron chi connectivity index (χ3n) is 5.11. The van der Waals surface area contributed by atoms with Gasteiger partial charge in [-0.3, -0.25) is 0 Å². The molecule has 0 aromatic heterocycles. The van der Waals surface area contributed by atoms with E-state index >= 15 is 0 Å². The second-order valence-corrected chi connectivity index (χ2v) is 7.92. The molecular formula is C23H25N. The van der Waals surface area contributed by atoms with E-state index in [0.717, 1.165) is 0 Å². The predicted octanol–water partition coefficient (Wildman–Crippen LogP) is 6.37. The highest BCUT2D eigenvalue weighted by Crippen LogP contribution is 2.35. The molecule has 122 valence electrons. The Morgan fingerprint density at radius 2 is 1.58 bits per heavy atom. The van der Waals surface area contributed by atoms with Gasteiger partial charge in [0.2, 0.25) is 0 Å². The number of benzene rings is 3. The van der Waals surface area contributed by atoms with E-state index in [1.54, 1.807) is 0 Å². The summed E-state index contributed by atoms with van der Waals surface area (Å²) < 4.78 is 0. The van der Waals surface area contributed by atoms with Crippen molar-refractivity contribution in [1.82, 2.24) is 0 Å². The quantitative estimate of drug-likeness (QED) is 0.579. The van der Waals surface area contributed by atoms with Crippen molar-refractivity contribution in [3.63, 3.8) is 0 Å². The Labute approximate surface area is 144 Å². The lowest BCUT2D eigenvalue weighted by molar-refractivity contribution is 0.590. The molecular weight excluding hydrogens is 290 g/mol. The Balaban J connectivity index is 1.78. The highest BCUT2D eigenvalue weighted by Gasteiger charge is 2.16. The van der Waals surface area contributed by atoms with E-state index in [2.05, 4.69) is 80.7 Å². The molecule has 0 radical (unpaired) electrons. The number of rotatable bonds is 2. The molecule has 3 aromatic carbocycles. The first-order valence-corrected chi connectivity index (χ1v) is 8.93. The van der Waals surface area contributed by atoms with Gasteiger partial charge >= 0.3 is 0 Å². The monoisotopic (exact) mass is 315 g/mol. The van der Waals surface area contributed by atoms with Gasteiger partial charge in [0.15, 0.2) is 0 Å². The first-order valence-electron chi connectivity index (χ1n) is 8.93. The van der Waals surface area contributed by atoms with E-state index in [9.17, 15) is 0 Å². The summed E-state index contributed by atoms with van der Waals surface area (Å²) in [5.41, 5.74) is 6.90. The summed E-state index contributed by atoms with van der Waals surface area (Å²) in [7, 11) is 0. The van der Waals surface area contributed by atoms with Gasteiger partial charge in [0.1, 0.15) is 0 Å². The van der Waals surface area contributed by atoms with Gasteiger partial charge in [-0.1, -0.05) is 57.2 Å². The molecule has 0 spiro atoms. The van der Waals surface area contributed by atoms with Crippen molar-refractivity contribution in [3.05, 3.63) is 71.3 Å². The molecule has 0 aliphatic heterocycles.